The van der Waals surface area contributed by atoms with Crippen LogP contribution in [-0.4, -0.2) is 34.5 Å². The normalized spacial score (nSPS) is 29.0. The molecule has 16 heavy (non-hydrogen) atoms. The zero-order chi connectivity index (χ0) is 11.5. The van der Waals surface area contributed by atoms with E-state index in [-0.39, 0.29) is 0 Å². The van der Waals surface area contributed by atoms with Crippen LogP contribution in [0.2, 0.25) is 0 Å². The molecule has 2 rings (SSSR count). The smallest absolute Gasteiger partial charge is 0.338 e. The third kappa shape index (κ3) is 2.23. The first kappa shape index (κ1) is 11.1. The van der Waals surface area contributed by atoms with Gasteiger partial charge in [-0.15, -0.1) is 0 Å². The summed E-state index contributed by atoms with van der Waals surface area (Å²) in [6.45, 7) is 0. The van der Waals surface area contributed by atoms with Gasteiger partial charge in [-0.25, -0.2) is 4.79 Å². The maximum Gasteiger partial charge on any atom is 0.338 e. The second-order valence-electron chi connectivity index (χ2n) is 3.95. The fourth-order valence-corrected chi connectivity index (χ4v) is 1.83. The fourth-order valence-electron chi connectivity index (χ4n) is 1.83. The number of benzene rings is 1. The molecule has 86 valence electrons. The fraction of sp³-hybridized carbons (Fsp3) is 0.417. The van der Waals surface area contributed by atoms with E-state index in [1.807, 2.05) is 6.07 Å². The molecule has 4 heteroatoms. The van der Waals surface area contributed by atoms with E-state index < -0.39 is 24.3 Å². The Morgan fingerprint density at radius 3 is 2.44 bits per heavy atom. The minimum absolute atomic E-state index is 0.455. The lowest BCUT2D eigenvalue weighted by Gasteiger charge is -2.17. The van der Waals surface area contributed by atoms with Crippen LogP contribution in [0.3, 0.4) is 0 Å². The van der Waals surface area contributed by atoms with E-state index in [0.717, 1.165) is 0 Å². The number of aliphatic hydroxyl groups excluding tert-OH is 2. The molecule has 4 nitrogen and oxygen atoms in total. The lowest BCUT2D eigenvalue weighted by Crippen LogP contribution is -2.32. The monoisotopic (exact) mass is 222 g/mol. The Morgan fingerprint density at radius 2 is 1.88 bits per heavy atom. The van der Waals surface area contributed by atoms with Crippen LogP contribution in [-0.2, 0) is 4.74 Å². The van der Waals surface area contributed by atoms with Crippen LogP contribution in [0.4, 0.5) is 0 Å². The van der Waals surface area contributed by atoms with Crippen LogP contribution in [0.1, 0.15) is 23.2 Å². The standard InChI is InChI=1S/C12H14O4/c13-9-6-7-10(11(9)14)16-12(15)8-4-2-1-3-5-8/h1-5,9-11,13-14H,6-7H2/t9?,10-,11?/m1/s1. The Labute approximate surface area is 93.5 Å². The highest BCUT2D eigenvalue weighted by atomic mass is 16.6. The number of esters is 1. The molecular weight excluding hydrogens is 208 g/mol. The highest BCUT2D eigenvalue weighted by Crippen LogP contribution is 2.23. The Bertz CT molecular complexity index is 363. The van der Waals surface area contributed by atoms with Crippen LogP contribution in [0.5, 0.6) is 0 Å². The molecule has 0 radical (unpaired) electrons. The van der Waals surface area contributed by atoms with Crippen LogP contribution in [0, 0.1) is 0 Å². The van der Waals surface area contributed by atoms with E-state index in [0.29, 0.717) is 18.4 Å². The molecule has 0 saturated heterocycles. The van der Waals surface area contributed by atoms with E-state index >= 15 is 0 Å². The van der Waals surface area contributed by atoms with Crippen molar-refractivity contribution in [2.75, 3.05) is 0 Å². The first-order chi connectivity index (χ1) is 7.68. The third-order valence-electron chi connectivity index (χ3n) is 2.79. The molecule has 0 spiro atoms. The van der Waals surface area contributed by atoms with Crippen molar-refractivity contribution < 1.29 is 19.7 Å². The highest BCUT2D eigenvalue weighted by Gasteiger charge is 2.36. The number of hydrogen-bond acceptors (Lipinski definition) is 4. The van der Waals surface area contributed by atoms with Crippen molar-refractivity contribution in [1.29, 1.82) is 0 Å². The Kier molecular flexibility index (Phi) is 3.22. The van der Waals surface area contributed by atoms with Gasteiger partial charge in [0.2, 0.25) is 0 Å². The van der Waals surface area contributed by atoms with Crippen molar-refractivity contribution in [1.82, 2.24) is 0 Å². The zero-order valence-corrected chi connectivity index (χ0v) is 8.74. The van der Waals surface area contributed by atoms with Crippen molar-refractivity contribution in [3.8, 4) is 0 Å². The van der Waals surface area contributed by atoms with Gasteiger partial charge in [0.1, 0.15) is 12.2 Å². The SMILES string of the molecule is O=C(O[C@@H]1CCC(O)C1O)c1ccccc1. The average molecular weight is 222 g/mol. The van der Waals surface area contributed by atoms with E-state index in [9.17, 15) is 15.0 Å². The minimum Gasteiger partial charge on any atom is -0.456 e. The molecule has 1 aliphatic rings. The molecule has 3 atom stereocenters. The van der Waals surface area contributed by atoms with Gasteiger partial charge >= 0.3 is 5.97 Å². The van der Waals surface area contributed by atoms with Gasteiger partial charge in [0, 0.05) is 0 Å². The lowest BCUT2D eigenvalue weighted by atomic mass is 10.2. The molecule has 1 fully saturated rings. The first-order valence-corrected chi connectivity index (χ1v) is 5.30. The summed E-state index contributed by atoms with van der Waals surface area (Å²) in [5.41, 5.74) is 0.455. The minimum atomic E-state index is -0.965. The molecule has 0 heterocycles. The number of ether oxygens (including phenoxy) is 1. The largest absolute Gasteiger partial charge is 0.456 e. The Balaban J connectivity index is 1.98. The maximum absolute atomic E-state index is 11.6. The predicted molar refractivity (Wildman–Crippen MR) is 56.9 cm³/mol. The van der Waals surface area contributed by atoms with Gasteiger partial charge in [-0.2, -0.15) is 0 Å². The van der Waals surface area contributed by atoms with Gasteiger partial charge in [0.05, 0.1) is 11.7 Å². The number of hydrogen-bond donors (Lipinski definition) is 2. The van der Waals surface area contributed by atoms with Gasteiger partial charge in [-0.3, -0.25) is 0 Å². The summed E-state index contributed by atoms with van der Waals surface area (Å²) >= 11 is 0. The first-order valence-electron chi connectivity index (χ1n) is 5.30. The molecule has 1 aliphatic carbocycles. The van der Waals surface area contributed by atoms with Crippen LogP contribution in [0.25, 0.3) is 0 Å². The Morgan fingerprint density at radius 1 is 1.19 bits per heavy atom. The van der Waals surface area contributed by atoms with Crippen LogP contribution in [0.15, 0.2) is 30.3 Å². The molecule has 2 N–H and O–H groups in total. The lowest BCUT2D eigenvalue weighted by molar-refractivity contribution is -0.0364. The van der Waals surface area contributed by atoms with Gasteiger partial charge in [0.25, 0.3) is 0 Å². The molecule has 2 unspecified atom stereocenters. The summed E-state index contributed by atoms with van der Waals surface area (Å²) in [7, 11) is 0. The summed E-state index contributed by atoms with van der Waals surface area (Å²) < 4.78 is 5.13. The predicted octanol–water partition coefficient (Wildman–Crippen LogP) is 0.728. The van der Waals surface area contributed by atoms with Crippen molar-refractivity contribution in [2.45, 2.75) is 31.2 Å². The molecule has 1 aromatic rings. The number of carbonyl (C=O) groups is 1. The molecule has 1 saturated carbocycles. The average Bonchev–Trinajstić information content (AvgIpc) is 2.62. The molecule has 0 aliphatic heterocycles. The van der Waals surface area contributed by atoms with E-state index in [1.54, 1.807) is 24.3 Å². The molecule has 0 aromatic heterocycles. The quantitative estimate of drug-likeness (QED) is 0.724. The van der Waals surface area contributed by atoms with E-state index in [2.05, 4.69) is 0 Å². The summed E-state index contributed by atoms with van der Waals surface area (Å²) in [4.78, 5) is 11.6. The van der Waals surface area contributed by atoms with E-state index in [4.69, 9.17) is 4.74 Å². The van der Waals surface area contributed by atoms with Gasteiger partial charge < -0.3 is 14.9 Å². The molecule has 0 bridgehead atoms. The summed E-state index contributed by atoms with van der Waals surface area (Å²) in [5.74, 6) is -0.459. The molecule has 1 aromatic carbocycles. The van der Waals surface area contributed by atoms with Gasteiger partial charge in [-0.1, -0.05) is 18.2 Å². The second kappa shape index (κ2) is 4.63. The summed E-state index contributed by atoms with van der Waals surface area (Å²) in [6.07, 6.45) is -1.38. The maximum atomic E-state index is 11.6. The number of aliphatic hydroxyl groups is 2. The van der Waals surface area contributed by atoms with Crippen LogP contribution >= 0.6 is 0 Å². The highest BCUT2D eigenvalue weighted by molar-refractivity contribution is 5.89. The van der Waals surface area contributed by atoms with Crippen molar-refractivity contribution in [2.24, 2.45) is 0 Å². The third-order valence-corrected chi connectivity index (χ3v) is 2.79. The summed E-state index contributed by atoms with van der Waals surface area (Å²) in [5, 5.41) is 18.8. The van der Waals surface area contributed by atoms with Gasteiger partial charge in [-0.05, 0) is 25.0 Å². The van der Waals surface area contributed by atoms with Crippen LogP contribution < -0.4 is 0 Å². The van der Waals surface area contributed by atoms with Crippen molar-refractivity contribution >= 4 is 5.97 Å². The summed E-state index contributed by atoms with van der Waals surface area (Å²) in [6, 6.07) is 8.61. The van der Waals surface area contributed by atoms with Gasteiger partial charge in [0.15, 0.2) is 0 Å². The van der Waals surface area contributed by atoms with E-state index in [1.165, 1.54) is 0 Å². The number of carbonyl (C=O) groups excluding carboxylic acids is 1. The molecular formula is C12H14O4. The topological polar surface area (TPSA) is 66.8 Å². The van der Waals surface area contributed by atoms with Crippen molar-refractivity contribution in [3.63, 3.8) is 0 Å². The zero-order valence-electron chi connectivity index (χ0n) is 8.74. The Hall–Kier alpha value is -1.39. The number of rotatable bonds is 2. The second-order valence-corrected chi connectivity index (χ2v) is 3.95. The molecule has 0 amide bonds. The van der Waals surface area contributed by atoms with Crippen molar-refractivity contribution in [3.05, 3.63) is 35.9 Å².